The number of rotatable bonds is 12. The van der Waals surface area contributed by atoms with Crippen LogP contribution >= 0.6 is 0 Å². The molecule has 2 saturated carbocycles. The van der Waals surface area contributed by atoms with Crippen LogP contribution in [-0.2, 0) is 56.8 Å². The third-order valence-corrected chi connectivity index (χ3v) is 18.3. The van der Waals surface area contributed by atoms with Crippen LogP contribution in [0, 0.1) is 23.7 Å². The number of carbonyl (C=O) groups excluding carboxylic acids is 2. The van der Waals surface area contributed by atoms with Crippen molar-refractivity contribution in [2.45, 2.75) is 112 Å². The molecule has 2 aliphatic carbocycles. The second-order valence-electron chi connectivity index (χ2n) is 18.7. The van der Waals surface area contributed by atoms with E-state index in [-0.39, 0.29) is 71.4 Å². The molecule has 0 spiro atoms. The van der Waals surface area contributed by atoms with Gasteiger partial charge in [0.1, 0.15) is 0 Å². The maximum Gasteiger partial charge on any atom is 0.263 e. The van der Waals surface area contributed by atoms with Crippen LogP contribution in [-0.4, -0.2) is 113 Å². The smallest absolute Gasteiger partial charge is 0.263 e. The maximum atomic E-state index is 13.8. The molecule has 6 aliphatic rings. The van der Waals surface area contributed by atoms with Crippen molar-refractivity contribution in [3.63, 3.8) is 0 Å². The van der Waals surface area contributed by atoms with Crippen molar-refractivity contribution in [1.29, 1.82) is 0 Å². The van der Waals surface area contributed by atoms with E-state index in [1.807, 2.05) is 13.8 Å². The van der Waals surface area contributed by atoms with E-state index in [1.165, 1.54) is 33.7 Å². The zero-order valence-electron chi connectivity index (χ0n) is 38.3. The van der Waals surface area contributed by atoms with Crippen molar-refractivity contribution >= 4 is 44.0 Å². The number of allylic oxidation sites excluding steroid dienone is 2. The van der Waals surface area contributed by atoms with Crippen molar-refractivity contribution in [3.05, 3.63) is 105 Å². The first-order valence-electron chi connectivity index (χ1n) is 23.1. The van der Waals surface area contributed by atoms with Crippen LogP contribution in [0.25, 0.3) is 12.2 Å². The highest BCUT2D eigenvalue weighted by atomic mass is 32.2. The number of sulfonamides is 2. The quantitative estimate of drug-likeness (QED) is 0.157. The van der Waals surface area contributed by atoms with E-state index in [9.17, 15) is 46.2 Å². The van der Waals surface area contributed by atoms with E-state index in [2.05, 4.69) is 20.6 Å². The number of aryl methyl sites for hydroxylation is 2. The average molecular weight is 975 g/mol. The Morgan fingerprint density at radius 1 is 0.662 bits per heavy atom. The van der Waals surface area contributed by atoms with Gasteiger partial charge in [0.25, 0.3) is 31.2 Å². The predicted octanol–water partition coefficient (Wildman–Crippen LogP) is 1.27. The molecule has 4 bridgehead atoms. The summed E-state index contributed by atoms with van der Waals surface area (Å²) in [6, 6.07) is 3.53. The van der Waals surface area contributed by atoms with Gasteiger partial charge in [-0.05, 0) is 76.6 Å². The summed E-state index contributed by atoms with van der Waals surface area (Å²) in [4.78, 5) is 61.5. The van der Waals surface area contributed by atoms with Crippen LogP contribution in [0.3, 0.4) is 0 Å². The van der Waals surface area contributed by atoms with Gasteiger partial charge in [0, 0.05) is 111 Å². The maximum absolute atomic E-state index is 13.8. The van der Waals surface area contributed by atoms with Gasteiger partial charge in [0.15, 0.2) is 10.1 Å². The van der Waals surface area contributed by atoms with Crippen molar-refractivity contribution in [2.24, 2.45) is 37.8 Å². The number of aromatic nitrogens is 6. The lowest BCUT2D eigenvalue weighted by atomic mass is 9.85. The Labute approximate surface area is 394 Å². The third kappa shape index (κ3) is 7.91. The minimum absolute atomic E-state index is 0.0561. The standard InChI is InChI=1S/2C23H29N5O5S/c2*1-3-5-14-8-9-17-21-20(22(30)25-15-6-4-7-15)16(12-29)18(10-27(17)23(14)31)28(21)34(32,33)19-11-26(2)13-24-19/h2*3,5,8-9,11,13,15-16,18,20-21,29H,4,6-7,10,12H2,1-2H3,(H,25,30)/b5-3+;5-3-/t2*16-,18-,20+,21+/m11/s1. The van der Waals surface area contributed by atoms with Gasteiger partial charge in [-0.25, -0.2) is 26.8 Å². The van der Waals surface area contributed by atoms with Gasteiger partial charge in [-0.3, -0.25) is 19.2 Å². The molecule has 20 nitrogen and oxygen atoms in total. The van der Waals surface area contributed by atoms with E-state index in [0.717, 1.165) is 38.5 Å². The fourth-order valence-electron chi connectivity index (χ4n) is 11.0. The second-order valence-corrected chi connectivity index (χ2v) is 22.3. The molecule has 0 radical (unpaired) electrons. The molecular weight excluding hydrogens is 917 g/mol. The monoisotopic (exact) mass is 974 g/mol. The number of hydrogen-bond acceptors (Lipinski definition) is 12. The highest BCUT2D eigenvalue weighted by molar-refractivity contribution is 7.89. The summed E-state index contributed by atoms with van der Waals surface area (Å²) in [5.74, 6) is -3.53. The number of aliphatic hydroxyl groups excluding tert-OH is 2. The van der Waals surface area contributed by atoms with Crippen molar-refractivity contribution < 1.29 is 36.6 Å². The minimum Gasteiger partial charge on any atom is -0.396 e. The molecule has 4 aromatic heterocycles. The number of fused-ring (bicyclic) bond motifs is 8. The van der Waals surface area contributed by atoms with Crippen molar-refractivity contribution in [2.75, 3.05) is 13.2 Å². The lowest BCUT2D eigenvalue weighted by molar-refractivity contribution is -0.129. The second kappa shape index (κ2) is 18.4. The molecule has 0 unspecified atom stereocenters. The molecule has 8 heterocycles. The van der Waals surface area contributed by atoms with E-state index in [1.54, 1.807) is 80.9 Å². The predicted molar refractivity (Wildman–Crippen MR) is 248 cm³/mol. The summed E-state index contributed by atoms with van der Waals surface area (Å²) >= 11 is 0. The normalized spacial score (nSPS) is 27.0. The van der Waals surface area contributed by atoms with Crippen LogP contribution in [0.1, 0.15) is 87.0 Å². The first-order chi connectivity index (χ1) is 32.5. The van der Waals surface area contributed by atoms with Crippen LogP contribution in [0.15, 0.2) is 81.1 Å². The fraction of sp³-hybridized carbons (Fsp3) is 0.522. The molecule has 2 amide bonds. The number of aliphatic hydroxyl groups is 2. The molecule has 2 saturated heterocycles. The Hall–Kier alpha value is -5.52. The fourth-order valence-corrected chi connectivity index (χ4v) is 14.6. The number of imidazole rings is 2. The average Bonchev–Trinajstić information content (AvgIpc) is 4.05. The minimum atomic E-state index is -4.10. The zero-order valence-corrected chi connectivity index (χ0v) is 40.0. The number of pyridine rings is 2. The Kier molecular flexibility index (Phi) is 12.9. The van der Waals surface area contributed by atoms with Crippen molar-refractivity contribution in [3.8, 4) is 0 Å². The Morgan fingerprint density at radius 2 is 1.04 bits per heavy atom. The van der Waals surface area contributed by atoms with Crippen LogP contribution < -0.4 is 21.8 Å². The molecule has 10 rings (SSSR count). The molecule has 364 valence electrons. The summed E-state index contributed by atoms with van der Waals surface area (Å²) in [7, 11) is -4.84. The first-order valence-corrected chi connectivity index (χ1v) is 26.0. The van der Waals surface area contributed by atoms with Crippen molar-refractivity contribution in [1.82, 2.24) is 47.5 Å². The molecule has 4 aromatic rings. The molecule has 4 fully saturated rings. The zero-order chi connectivity index (χ0) is 48.4. The van der Waals surface area contributed by atoms with Gasteiger partial charge in [-0.2, -0.15) is 8.61 Å². The number of nitrogens with one attached hydrogen (secondary N) is 2. The first kappa shape index (κ1) is 47.5. The molecule has 0 aromatic carbocycles. The Morgan fingerprint density at radius 3 is 1.34 bits per heavy atom. The number of amides is 2. The largest absolute Gasteiger partial charge is 0.396 e. The van der Waals surface area contributed by atoms with Gasteiger partial charge in [-0.15, -0.1) is 0 Å². The van der Waals surface area contributed by atoms with Crippen LogP contribution in [0.5, 0.6) is 0 Å². The van der Waals surface area contributed by atoms with E-state index < -0.39 is 67.9 Å². The van der Waals surface area contributed by atoms with E-state index >= 15 is 0 Å². The number of carbonyl (C=O) groups is 2. The lowest BCUT2D eigenvalue weighted by Gasteiger charge is -2.37. The van der Waals surface area contributed by atoms with Gasteiger partial charge >= 0.3 is 0 Å². The Bertz CT molecular complexity index is 2820. The summed E-state index contributed by atoms with van der Waals surface area (Å²) in [6.45, 7) is 3.00. The number of nitrogens with zero attached hydrogens (tertiary/aromatic N) is 8. The SMILES string of the molecule is C/C=C/c1ccc2n(c1=O)C[C@@H]1[C@@H](CO)[C@H](C(=O)NC3CCC3)[C@H]2N1S(=O)(=O)c1cn(C)cn1.C/C=C\c1ccc2n(c1=O)C[C@@H]1[C@@H](CO)[C@H](C(=O)NC3CCC3)[C@H]2N1S(=O)(=O)c1cn(C)cn1. The van der Waals surface area contributed by atoms with Gasteiger partial charge in [0.2, 0.25) is 11.8 Å². The molecule has 8 atom stereocenters. The number of hydrogen-bond donors (Lipinski definition) is 4. The highest BCUT2D eigenvalue weighted by Crippen LogP contribution is 2.52. The van der Waals surface area contributed by atoms with Crippen LogP contribution in [0.2, 0.25) is 0 Å². The van der Waals surface area contributed by atoms with Crippen LogP contribution in [0.4, 0.5) is 0 Å². The third-order valence-electron chi connectivity index (χ3n) is 14.7. The van der Waals surface area contributed by atoms with E-state index in [0.29, 0.717) is 22.5 Å². The molecule has 4 N–H and O–H groups in total. The Balaban J connectivity index is 0.000000170. The molecule has 22 heteroatoms. The van der Waals surface area contributed by atoms with Gasteiger partial charge in [-0.1, -0.05) is 24.3 Å². The van der Waals surface area contributed by atoms with E-state index in [4.69, 9.17) is 0 Å². The topological polar surface area (TPSA) is 253 Å². The molecule has 68 heavy (non-hydrogen) atoms. The van der Waals surface area contributed by atoms with Gasteiger partial charge < -0.3 is 39.1 Å². The molecular formula is C46H58N10O10S2. The molecule has 4 aliphatic heterocycles. The summed E-state index contributed by atoms with van der Waals surface area (Å²) in [5.41, 5.74) is 1.41. The summed E-state index contributed by atoms with van der Waals surface area (Å²) in [5, 5.41) is 26.6. The summed E-state index contributed by atoms with van der Waals surface area (Å²) < 4.78 is 64.0. The lowest BCUT2D eigenvalue weighted by Crippen LogP contribution is -2.49. The van der Waals surface area contributed by atoms with Gasteiger partial charge in [0.05, 0.1) is 36.6 Å². The highest BCUT2D eigenvalue weighted by Gasteiger charge is 2.62. The summed E-state index contributed by atoms with van der Waals surface area (Å²) in [6.07, 6.45) is 18.2.